The second kappa shape index (κ2) is 9.78. The van der Waals surface area contributed by atoms with Crippen LogP contribution in [-0.2, 0) is 0 Å². The highest BCUT2D eigenvalue weighted by Gasteiger charge is 2.53. The summed E-state index contributed by atoms with van der Waals surface area (Å²) in [5, 5.41) is 0. The molecule has 0 radical (unpaired) electrons. The number of benzene rings is 1. The van der Waals surface area contributed by atoms with Crippen molar-refractivity contribution in [1.82, 2.24) is 0 Å². The first kappa shape index (κ1) is 22.3. The first-order valence-corrected chi connectivity index (χ1v) is 8.56. The number of hydrogen-bond acceptors (Lipinski definition) is 1. The van der Waals surface area contributed by atoms with Gasteiger partial charge in [-0.05, 0) is 12.8 Å². The van der Waals surface area contributed by atoms with E-state index in [0.29, 0.717) is 12.8 Å². The lowest BCUT2D eigenvalue weighted by atomic mass is 9.92. The maximum absolute atomic E-state index is 13.1. The molecular formula is C19H22F6O. The first-order chi connectivity index (χ1) is 12.1. The van der Waals surface area contributed by atoms with E-state index in [0.717, 1.165) is 19.3 Å². The Balaban J connectivity index is 3.16. The number of unbranched alkanes of at least 4 members (excludes halogenated alkanes) is 5. The molecule has 0 aliphatic rings. The van der Waals surface area contributed by atoms with Crippen molar-refractivity contribution in [3.05, 3.63) is 47.0 Å². The van der Waals surface area contributed by atoms with Crippen molar-refractivity contribution in [3.63, 3.8) is 0 Å². The van der Waals surface area contributed by atoms with E-state index >= 15 is 0 Å². The quantitative estimate of drug-likeness (QED) is 0.194. The van der Waals surface area contributed by atoms with Crippen LogP contribution < -0.4 is 0 Å². The van der Waals surface area contributed by atoms with Crippen LogP contribution in [0.1, 0.15) is 62.2 Å². The molecule has 1 aromatic carbocycles. The van der Waals surface area contributed by atoms with E-state index in [1.54, 1.807) is 0 Å². The van der Waals surface area contributed by atoms with Crippen molar-refractivity contribution in [2.24, 2.45) is 0 Å². The van der Waals surface area contributed by atoms with E-state index < -0.39 is 35.7 Å². The molecule has 0 unspecified atom stereocenters. The number of alkyl halides is 6. The Kier molecular flexibility index (Phi) is 8.37. The van der Waals surface area contributed by atoms with Gasteiger partial charge in [0.15, 0.2) is 5.78 Å². The third-order valence-electron chi connectivity index (χ3n) is 3.96. The maximum atomic E-state index is 13.1. The number of carbonyl (C=O) groups excluding carboxylic acids is 1. The lowest BCUT2D eigenvalue weighted by Gasteiger charge is -2.20. The van der Waals surface area contributed by atoms with E-state index in [1.807, 2.05) is 6.92 Å². The molecule has 0 saturated carbocycles. The number of allylic oxidation sites excluding steroid dienone is 2. The van der Waals surface area contributed by atoms with Gasteiger partial charge in [0.2, 0.25) is 0 Å². The standard InChI is InChI=1S/C19H22F6O/c1-2-3-4-5-6-10-13-15(16(26)14-11-8-7-9-12-14)17(18(20,21)22)19(23,24)25/h7-9,11-12H,2-6,10,13H2,1H3. The van der Waals surface area contributed by atoms with Gasteiger partial charge in [0.1, 0.15) is 5.57 Å². The molecule has 0 saturated heterocycles. The Morgan fingerprint density at radius 3 is 1.81 bits per heavy atom. The summed E-state index contributed by atoms with van der Waals surface area (Å²) in [5.41, 5.74) is -4.07. The summed E-state index contributed by atoms with van der Waals surface area (Å²) >= 11 is 0. The fourth-order valence-electron chi connectivity index (χ4n) is 2.70. The van der Waals surface area contributed by atoms with E-state index in [9.17, 15) is 31.1 Å². The minimum Gasteiger partial charge on any atom is -0.289 e. The van der Waals surface area contributed by atoms with Crippen molar-refractivity contribution < 1.29 is 31.1 Å². The van der Waals surface area contributed by atoms with Crippen molar-refractivity contribution in [3.8, 4) is 0 Å². The van der Waals surface area contributed by atoms with E-state index in [2.05, 4.69) is 0 Å². The predicted octanol–water partition coefficient (Wildman–Crippen LogP) is 7.04. The third-order valence-corrected chi connectivity index (χ3v) is 3.96. The molecule has 146 valence electrons. The molecule has 0 aliphatic heterocycles. The molecule has 1 aromatic rings. The number of rotatable bonds is 9. The molecule has 0 amide bonds. The minimum atomic E-state index is -5.64. The Hall–Kier alpha value is -1.79. The Labute approximate surface area is 149 Å². The first-order valence-electron chi connectivity index (χ1n) is 8.56. The number of carbonyl (C=O) groups is 1. The summed E-state index contributed by atoms with van der Waals surface area (Å²) in [4.78, 5) is 12.4. The summed E-state index contributed by atoms with van der Waals surface area (Å²) in [7, 11) is 0. The normalized spacial score (nSPS) is 12.1. The molecule has 0 heterocycles. The highest BCUT2D eigenvalue weighted by atomic mass is 19.4. The van der Waals surface area contributed by atoms with Crippen LogP contribution in [0.2, 0.25) is 0 Å². The van der Waals surface area contributed by atoms with Crippen molar-refractivity contribution in [2.45, 2.75) is 64.2 Å². The molecule has 0 aliphatic carbocycles. The third kappa shape index (κ3) is 6.84. The average Bonchev–Trinajstić information content (AvgIpc) is 2.54. The number of ketones is 1. The van der Waals surface area contributed by atoms with Gasteiger partial charge in [-0.15, -0.1) is 0 Å². The van der Waals surface area contributed by atoms with Gasteiger partial charge in [0, 0.05) is 11.1 Å². The zero-order valence-corrected chi connectivity index (χ0v) is 14.5. The van der Waals surface area contributed by atoms with E-state index in [4.69, 9.17) is 0 Å². The smallest absolute Gasteiger partial charge is 0.289 e. The molecule has 0 spiro atoms. The van der Waals surface area contributed by atoms with Gasteiger partial charge in [-0.3, -0.25) is 4.79 Å². The molecule has 0 bridgehead atoms. The molecule has 0 N–H and O–H groups in total. The van der Waals surface area contributed by atoms with Crippen LogP contribution in [0, 0.1) is 0 Å². The van der Waals surface area contributed by atoms with Crippen molar-refractivity contribution >= 4 is 5.78 Å². The van der Waals surface area contributed by atoms with Crippen molar-refractivity contribution in [1.29, 1.82) is 0 Å². The minimum absolute atomic E-state index is 0.104. The Morgan fingerprint density at radius 2 is 1.31 bits per heavy atom. The largest absolute Gasteiger partial charge is 0.421 e. The highest BCUT2D eigenvalue weighted by Crippen LogP contribution is 2.42. The fourth-order valence-corrected chi connectivity index (χ4v) is 2.70. The lowest BCUT2D eigenvalue weighted by Crippen LogP contribution is -2.30. The maximum Gasteiger partial charge on any atom is 0.421 e. The van der Waals surface area contributed by atoms with Crippen LogP contribution in [0.4, 0.5) is 26.3 Å². The van der Waals surface area contributed by atoms with Gasteiger partial charge < -0.3 is 0 Å². The summed E-state index contributed by atoms with van der Waals surface area (Å²) in [6.07, 6.45) is -7.72. The monoisotopic (exact) mass is 380 g/mol. The van der Waals surface area contributed by atoms with Crippen LogP contribution in [0.15, 0.2) is 41.5 Å². The molecule has 1 rings (SSSR count). The van der Waals surface area contributed by atoms with Gasteiger partial charge >= 0.3 is 12.4 Å². The van der Waals surface area contributed by atoms with Crippen LogP contribution in [0.3, 0.4) is 0 Å². The molecule has 7 heteroatoms. The Bertz CT molecular complexity index is 583. The molecule has 1 nitrogen and oxygen atoms in total. The zero-order chi connectivity index (χ0) is 19.8. The van der Waals surface area contributed by atoms with Gasteiger partial charge in [-0.2, -0.15) is 26.3 Å². The van der Waals surface area contributed by atoms with Gasteiger partial charge in [0.05, 0.1) is 0 Å². The number of hydrogen-bond donors (Lipinski definition) is 0. The zero-order valence-electron chi connectivity index (χ0n) is 14.5. The summed E-state index contributed by atoms with van der Waals surface area (Å²) in [6, 6.07) is 6.76. The topological polar surface area (TPSA) is 17.1 Å². The highest BCUT2D eigenvalue weighted by molar-refractivity contribution is 6.09. The molecule has 0 fully saturated rings. The second-order valence-electron chi connectivity index (χ2n) is 6.06. The van der Waals surface area contributed by atoms with Gasteiger partial charge in [-0.25, -0.2) is 0 Å². The van der Waals surface area contributed by atoms with Crippen LogP contribution in [0.5, 0.6) is 0 Å². The molecule has 0 atom stereocenters. The summed E-state index contributed by atoms with van der Waals surface area (Å²) in [5.74, 6) is -1.22. The number of halogens is 6. The fraction of sp³-hybridized carbons (Fsp3) is 0.526. The second-order valence-corrected chi connectivity index (χ2v) is 6.06. The lowest BCUT2D eigenvalue weighted by molar-refractivity contribution is -0.173. The average molecular weight is 380 g/mol. The SMILES string of the molecule is CCCCCCCCC(C(=O)c1ccccc1)=C(C(F)(F)F)C(F)(F)F. The molecular weight excluding hydrogens is 358 g/mol. The van der Waals surface area contributed by atoms with Crippen molar-refractivity contribution in [2.75, 3.05) is 0 Å². The van der Waals surface area contributed by atoms with E-state index in [1.165, 1.54) is 30.3 Å². The van der Waals surface area contributed by atoms with Gasteiger partial charge in [-0.1, -0.05) is 69.4 Å². The molecule has 26 heavy (non-hydrogen) atoms. The number of Topliss-reactive ketones (excluding diaryl/α,β-unsaturated/α-hetero) is 1. The van der Waals surface area contributed by atoms with Crippen LogP contribution in [-0.4, -0.2) is 18.1 Å². The van der Waals surface area contributed by atoms with Crippen LogP contribution >= 0.6 is 0 Å². The summed E-state index contributed by atoms with van der Waals surface area (Å²) in [6.45, 7) is 2.00. The predicted molar refractivity (Wildman–Crippen MR) is 87.9 cm³/mol. The van der Waals surface area contributed by atoms with Crippen LogP contribution in [0.25, 0.3) is 0 Å². The van der Waals surface area contributed by atoms with E-state index in [-0.39, 0.29) is 12.0 Å². The van der Waals surface area contributed by atoms with Gasteiger partial charge in [0.25, 0.3) is 0 Å². The summed E-state index contributed by atoms with van der Waals surface area (Å²) < 4.78 is 78.5. The molecule has 0 aromatic heterocycles. The Morgan fingerprint density at radius 1 is 0.808 bits per heavy atom.